The number of carbonyl (C=O) groups excluding carboxylic acids is 1. The molecule has 1 N–H and O–H groups in total. The summed E-state index contributed by atoms with van der Waals surface area (Å²) in [5.41, 5.74) is 1.87. The van der Waals surface area contributed by atoms with Gasteiger partial charge in [-0.15, -0.1) is 0 Å². The number of nitrogens with one attached hydrogen (secondary N) is 1. The lowest BCUT2D eigenvalue weighted by molar-refractivity contribution is 0.0784. The fourth-order valence-electron chi connectivity index (χ4n) is 3.71. The summed E-state index contributed by atoms with van der Waals surface area (Å²) in [5, 5.41) is 0. The van der Waals surface area contributed by atoms with E-state index in [2.05, 4.69) is 4.72 Å². The molecule has 0 saturated carbocycles. The van der Waals surface area contributed by atoms with E-state index in [-0.39, 0.29) is 36.5 Å². The first-order chi connectivity index (χ1) is 16.4. The minimum absolute atomic E-state index is 0.00979. The van der Waals surface area contributed by atoms with Gasteiger partial charge in [-0.05, 0) is 53.6 Å². The zero-order valence-electron chi connectivity index (χ0n) is 18.3. The molecule has 0 unspecified atom stereocenters. The van der Waals surface area contributed by atoms with Crippen LogP contribution in [-0.2, 0) is 23.1 Å². The van der Waals surface area contributed by atoms with Gasteiger partial charge in [0.1, 0.15) is 0 Å². The van der Waals surface area contributed by atoms with Crippen molar-refractivity contribution < 1.29 is 32.2 Å². The molecule has 2 aliphatic rings. The number of fused-ring (bicyclic) bond motifs is 2. The van der Waals surface area contributed by atoms with Crippen molar-refractivity contribution in [1.82, 2.24) is 9.62 Å². The minimum atomic E-state index is -3.84. The Morgan fingerprint density at radius 3 is 2.18 bits per heavy atom. The first-order valence-corrected chi connectivity index (χ1v) is 12.0. The Labute approximate surface area is 196 Å². The smallest absolute Gasteiger partial charge is 0.253 e. The van der Waals surface area contributed by atoms with Gasteiger partial charge in [0.15, 0.2) is 23.0 Å². The van der Waals surface area contributed by atoms with Gasteiger partial charge >= 0.3 is 0 Å². The third kappa shape index (κ3) is 4.50. The molecule has 9 nitrogen and oxygen atoms in total. The highest BCUT2D eigenvalue weighted by Crippen LogP contribution is 2.33. The van der Waals surface area contributed by atoms with Gasteiger partial charge in [0.2, 0.25) is 23.6 Å². The zero-order chi connectivity index (χ0) is 23.7. The maximum atomic E-state index is 13.0. The molecule has 0 saturated heterocycles. The van der Waals surface area contributed by atoms with Gasteiger partial charge in [0, 0.05) is 25.7 Å². The third-order valence-corrected chi connectivity index (χ3v) is 6.90. The highest BCUT2D eigenvalue weighted by molar-refractivity contribution is 7.89. The fourth-order valence-corrected chi connectivity index (χ4v) is 4.78. The Kier molecular flexibility index (Phi) is 5.76. The Morgan fingerprint density at radius 2 is 1.47 bits per heavy atom. The van der Waals surface area contributed by atoms with Gasteiger partial charge < -0.3 is 23.8 Å². The van der Waals surface area contributed by atoms with Crippen molar-refractivity contribution in [1.29, 1.82) is 0 Å². The number of hydrogen-bond donors (Lipinski definition) is 1. The predicted octanol–water partition coefficient (Wildman–Crippen LogP) is 2.89. The number of ether oxygens (including phenoxy) is 4. The topological polar surface area (TPSA) is 103 Å². The molecule has 3 aromatic rings. The van der Waals surface area contributed by atoms with Gasteiger partial charge in [-0.3, -0.25) is 4.79 Å². The van der Waals surface area contributed by atoms with Crippen LogP contribution in [0.25, 0.3) is 0 Å². The average Bonchev–Trinajstić information content (AvgIpc) is 3.51. The highest BCUT2D eigenvalue weighted by atomic mass is 32.2. The molecule has 2 heterocycles. The van der Waals surface area contributed by atoms with Crippen LogP contribution < -0.4 is 23.7 Å². The van der Waals surface area contributed by atoms with E-state index in [0.29, 0.717) is 29.5 Å². The second-order valence-electron chi connectivity index (χ2n) is 7.89. The van der Waals surface area contributed by atoms with E-state index in [0.717, 1.165) is 11.1 Å². The standard InChI is InChI=1S/C24H22N2O7S/c1-26(13-17-6-8-21-23(10-17)33-15-31-21)24(27)18-3-2-4-19(11-18)34(28,29)25-12-16-5-7-20-22(9-16)32-14-30-20/h2-11,25H,12-15H2,1H3. The van der Waals surface area contributed by atoms with Crippen molar-refractivity contribution in [3.05, 3.63) is 77.4 Å². The molecule has 10 heteroatoms. The second-order valence-corrected chi connectivity index (χ2v) is 9.66. The number of amides is 1. The van der Waals surface area contributed by atoms with Crippen LogP contribution in [0.5, 0.6) is 23.0 Å². The monoisotopic (exact) mass is 482 g/mol. The SMILES string of the molecule is CN(Cc1ccc2c(c1)OCO2)C(=O)c1cccc(S(=O)(=O)NCc2ccc3c(c2)OCO3)c1. The summed E-state index contributed by atoms with van der Waals surface area (Å²) in [5.74, 6) is 2.21. The van der Waals surface area contributed by atoms with Crippen LogP contribution in [0, 0.1) is 0 Å². The van der Waals surface area contributed by atoms with E-state index in [1.807, 2.05) is 12.1 Å². The third-order valence-electron chi connectivity index (χ3n) is 5.50. The highest BCUT2D eigenvalue weighted by Gasteiger charge is 2.20. The second kappa shape index (κ2) is 8.88. The molecule has 0 atom stereocenters. The van der Waals surface area contributed by atoms with Crippen molar-refractivity contribution in [2.75, 3.05) is 20.6 Å². The number of sulfonamides is 1. The number of hydrogen-bond acceptors (Lipinski definition) is 7. The normalized spacial score (nSPS) is 13.7. The van der Waals surface area contributed by atoms with Gasteiger partial charge in [-0.1, -0.05) is 18.2 Å². The molecule has 0 aromatic heterocycles. The fraction of sp³-hybridized carbons (Fsp3) is 0.208. The van der Waals surface area contributed by atoms with Crippen LogP contribution in [0.1, 0.15) is 21.5 Å². The zero-order valence-corrected chi connectivity index (χ0v) is 19.1. The quantitative estimate of drug-likeness (QED) is 0.552. The molecule has 1 amide bonds. The number of benzene rings is 3. The largest absolute Gasteiger partial charge is 0.454 e. The van der Waals surface area contributed by atoms with Crippen molar-refractivity contribution in [2.24, 2.45) is 0 Å². The number of nitrogens with zero attached hydrogens (tertiary/aromatic N) is 1. The summed E-state index contributed by atoms with van der Waals surface area (Å²) in [6.07, 6.45) is 0. The van der Waals surface area contributed by atoms with Gasteiger partial charge in [-0.2, -0.15) is 0 Å². The molecule has 176 valence electrons. The van der Waals surface area contributed by atoms with E-state index < -0.39 is 10.0 Å². The molecular formula is C24H22N2O7S. The van der Waals surface area contributed by atoms with Crippen molar-refractivity contribution in [3.8, 4) is 23.0 Å². The Morgan fingerprint density at radius 1 is 0.853 bits per heavy atom. The molecule has 3 aromatic carbocycles. The molecule has 0 aliphatic carbocycles. The van der Waals surface area contributed by atoms with E-state index >= 15 is 0 Å². The molecule has 0 fully saturated rings. The lowest BCUT2D eigenvalue weighted by Crippen LogP contribution is -2.27. The average molecular weight is 483 g/mol. The van der Waals surface area contributed by atoms with E-state index in [4.69, 9.17) is 18.9 Å². The van der Waals surface area contributed by atoms with Crippen LogP contribution in [-0.4, -0.2) is 39.9 Å². The van der Waals surface area contributed by atoms with Crippen LogP contribution >= 0.6 is 0 Å². The van der Waals surface area contributed by atoms with Crippen molar-refractivity contribution in [3.63, 3.8) is 0 Å². The molecule has 5 rings (SSSR count). The van der Waals surface area contributed by atoms with Gasteiger partial charge in [-0.25, -0.2) is 13.1 Å². The lowest BCUT2D eigenvalue weighted by Gasteiger charge is -2.18. The van der Waals surface area contributed by atoms with Crippen molar-refractivity contribution >= 4 is 15.9 Å². The Hall–Kier alpha value is -3.76. The minimum Gasteiger partial charge on any atom is -0.454 e. The van der Waals surface area contributed by atoms with Gasteiger partial charge in [0.25, 0.3) is 5.91 Å². The summed E-state index contributed by atoms with van der Waals surface area (Å²) in [6.45, 7) is 0.724. The molecule has 0 radical (unpaired) electrons. The number of carbonyl (C=O) groups is 1. The summed E-state index contributed by atoms with van der Waals surface area (Å²) >= 11 is 0. The van der Waals surface area contributed by atoms with Crippen molar-refractivity contribution in [2.45, 2.75) is 18.0 Å². The first kappa shape index (κ1) is 22.1. The van der Waals surface area contributed by atoms with Crippen LogP contribution in [0.15, 0.2) is 65.6 Å². The molecule has 0 spiro atoms. The molecule has 2 aliphatic heterocycles. The lowest BCUT2D eigenvalue weighted by atomic mass is 10.1. The predicted molar refractivity (Wildman–Crippen MR) is 121 cm³/mol. The summed E-state index contributed by atoms with van der Waals surface area (Å²) in [4.78, 5) is 14.5. The summed E-state index contributed by atoms with van der Waals surface area (Å²) in [6, 6.07) is 16.7. The van der Waals surface area contributed by atoms with Gasteiger partial charge in [0.05, 0.1) is 4.90 Å². The van der Waals surface area contributed by atoms with E-state index in [9.17, 15) is 13.2 Å². The Bertz CT molecular complexity index is 1360. The van der Waals surface area contributed by atoms with E-state index in [1.165, 1.54) is 17.0 Å². The van der Waals surface area contributed by atoms with Crippen LogP contribution in [0.3, 0.4) is 0 Å². The molecule has 34 heavy (non-hydrogen) atoms. The maximum absolute atomic E-state index is 13.0. The Balaban J connectivity index is 1.26. The molecular weight excluding hydrogens is 460 g/mol. The first-order valence-electron chi connectivity index (χ1n) is 10.5. The summed E-state index contributed by atoms with van der Waals surface area (Å²) < 4.78 is 49.6. The van der Waals surface area contributed by atoms with Crippen LogP contribution in [0.4, 0.5) is 0 Å². The number of rotatable bonds is 7. The summed E-state index contributed by atoms with van der Waals surface area (Å²) in [7, 11) is -2.18. The van der Waals surface area contributed by atoms with E-state index in [1.54, 1.807) is 43.4 Å². The van der Waals surface area contributed by atoms with Crippen LogP contribution in [0.2, 0.25) is 0 Å². The maximum Gasteiger partial charge on any atom is 0.253 e. The molecule has 0 bridgehead atoms.